The van der Waals surface area contributed by atoms with Gasteiger partial charge in [0.2, 0.25) is 5.91 Å². The lowest BCUT2D eigenvalue weighted by molar-refractivity contribution is -0.174. The van der Waals surface area contributed by atoms with E-state index in [4.69, 9.17) is 0 Å². The Morgan fingerprint density at radius 3 is 2.42 bits per heavy atom. The Balaban J connectivity index is 1.72. The van der Waals surface area contributed by atoms with Crippen LogP contribution in [0.2, 0.25) is 0 Å². The molecule has 3 heterocycles. The summed E-state index contributed by atoms with van der Waals surface area (Å²) in [5.74, 6) is 0.663. The van der Waals surface area contributed by atoms with E-state index in [1.54, 1.807) is 6.07 Å². The Bertz CT molecular complexity index is 766. The van der Waals surface area contributed by atoms with Crippen molar-refractivity contribution < 1.29 is 18.0 Å². The lowest BCUT2D eigenvalue weighted by Crippen LogP contribution is -2.46. The average molecular weight is 444 g/mol. The number of nitrogens with one attached hydrogen (secondary N) is 1. The number of fused-ring (bicyclic) bond motifs is 1. The highest BCUT2D eigenvalue weighted by Gasteiger charge is 2.47. The van der Waals surface area contributed by atoms with Gasteiger partial charge in [0.25, 0.3) is 0 Å². The topological polar surface area (TPSA) is 53.4 Å². The van der Waals surface area contributed by atoms with E-state index in [2.05, 4.69) is 15.3 Å². The quantitative estimate of drug-likeness (QED) is 0.714. The molecular formula is C22H36F3N5O. The number of nitrogens with zero attached hydrogens (tertiary/aromatic N) is 4. The average Bonchev–Trinajstić information content (AvgIpc) is 3.25. The van der Waals surface area contributed by atoms with Gasteiger partial charge in [-0.1, -0.05) is 13.8 Å². The van der Waals surface area contributed by atoms with Crippen LogP contribution in [0.3, 0.4) is 0 Å². The SMILES string of the molecule is CC(C)[C@@H]1C[C@H](C(F)(F)F)n2nc([C@@H]3CCN(CC(=O)N(C(C)C)C(C)C)C3)cc2N1. The number of amides is 1. The van der Waals surface area contributed by atoms with Crippen LogP contribution in [-0.4, -0.2) is 69.4 Å². The summed E-state index contributed by atoms with van der Waals surface area (Å²) >= 11 is 0. The summed E-state index contributed by atoms with van der Waals surface area (Å²) in [5.41, 5.74) is 0.681. The van der Waals surface area contributed by atoms with Crippen molar-refractivity contribution in [3.05, 3.63) is 11.8 Å². The van der Waals surface area contributed by atoms with E-state index >= 15 is 0 Å². The number of halogens is 3. The fourth-order valence-electron chi connectivity index (χ4n) is 4.92. The molecule has 3 atom stereocenters. The monoisotopic (exact) mass is 443 g/mol. The van der Waals surface area contributed by atoms with E-state index in [9.17, 15) is 18.0 Å². The van der Waals surface area contributed by atoms with Gasteiger partial charge in [0.05, 0.1) is 12.2 Å². The standard InChI is InChI=1S/C22H36F3N5O/c1-13(2)17-9-19(22(23,24)25)30-20(26-17)10-18(27-30)16-7-8-28(11-16)12-21(31)29(14(3)4)15(5)6/h10,13-17,19,26H,7-9,11-12H2,1-6H3/t16-,17+,19-/m1/s1. The Hall–Kier alpha value is -1.77. The molecule has 2 aliphatic heterocycles. The predicted molar refractivity (Wildman–Crippen MR) is 115 cm³/mol. The van der Waals surface area contributed by atoms with Gasteiger partial charge in [-0.15, -0.1) is 0 Å². The first-order chi connectivity index (χ1) is 14.4. The van der Waals surface area contributed by atoms with Crippen molar-refractivity contribution in [2.24, 2.45) is 5.92 Å². The maximum absolute atomic E-state index is 13.7. The zero-order valence-corrected chi connectivity index (χ0v) is 19.4. The van der Waals surface area contributed by atoms with E-state index in [-0.39, 0.29) is 42.3 Å². The number of hydrogen-bond donors (Lipinski definition) is 1. The number of carbonyl (C=O) groups excluding carboxylic acids is 1. The minimum Gasteiger partial charge on any atom is -0.367 e. The predicted octanol–water partition coefficient (Wildman–Crippen LogP) is 4.26. The second kappa shape index (κ2) is 9.00. The van der Waals surface area contributed by atoms with Crippen LogP contribution in [0.25, 0.3) is 0 Å². The van der Waals surface area contributed by atoms with E-state index in [0.29, 0.717) is 24.6 Å². The number of alkyl halides is 3. The lowest BCUT2D eigenvalue weighted by atomic mass is 9.94. The summed E-state index contributed by atoms with van der Waals surface area (Å²) in [5, 5.41) is 7.64. The smallest absolute Gasteiger partial charge is 0.367 e. The highest BCUT2D eigenvalue weighted by molar-refractivity contribution is 5.78. The van der Waals surface area contributed by atoms with Crippen molar-refractivity contribution in [3.8, 4) is 0 Å². The zero-order chi connectivity index (χ0) is 23.1. The Kier molecular flexibility index (Phi) is 6.93. The highest BCUT2D eigenvalue weighted by Crippen LogP contribution is 2.42. The number of likely N-dealkylation sites (tertiary alicyclic amines) is 1. The minimum atomic E-state index is -4.33. The Labute approximate surface area is 183 Å². The second-order valence-electron chi connectivity index (χ2n) is 9.90. The van der Waals surface area contributed by atoms with Gasteiger partial charge in [0.1, 0.15) is 5.82 Å². The molecule has 0 unspecified atom stereocenters. The summed E-state index contributed by atoms with van der Waals surface area (Å²) < 4.78 is 42.3. The molecule has 1 saturated heterocycles. The lowest BCUT2D eigenvalue weighted by Gasteiger charge is -2.35. The molecule has 1 fully saturated rings. The third-order valence-corrected chi connectivity index (χ3v) is 6.49. The van der Waals surface area contributed by atoms with E-state index < -0.39 is 12.2 Å². The highest BCUT2D eigenvalue weighted by atomic mass is 19.4. The second-order valence-corrected chi connectivity index (χ2v) is 9.90. The van der Waals surface area contributed by atoms with Gasteiger partial charge >= 0.3 is 6.18 Å². The van der Waals surface area contributed by atoms with E-state index in [1.807, 2.05) is 46.4 Å². The number of hydrogen-bond acceptors (Lipinski definition) is 4. The normalized spacial score (nSPS) is 24.7. The van der Waals surface area contributed by atoms with Crippen LogP contribution < -0.4 is 5.32 Å². The first kappa shape index (κ1) is 23.9. The third kappa shape index (κ3) is 5.18. The van der Waals surface area contributed by atoms with Crippen molar-refractivity contribution in [1.29, 1.82) is 0 Å². The van der Waals surface area contributed by atoms with Crippen LogP contribution in [0.1, 0.15) is 72.0 Å². The molecule has 0 saturated carbocycles. The summed E-state index contributed by atoms with van der Waals surface area (Å²) in [7, 11) is 0. The molecule has 2 aliphatic rings. The summed E-state index contributed by atoms with van der Waals surface area (Å²) in [6.45, 7) is 13.6. The molecule has 1 N–H and O–H groups in total. The molecule has 1 aromatic rings. The first-order valence-corrected chi connectivity index (χ1v) is 11.3. The fraction of sp³-hybridized carbons (Fsp3) is 0.818. The summed E-state index contributed by atoms with van der Waals surface area (Å²) in [4.78, 5) is 16.7. The van der Waals surface area contributed by atoms with Crippen LogP contribution >= 0.6 is 0 Å². The van der Waals surface area contributed by atoms with Crippen molar-refractivity contribution in [1.82, 2.24) is 19.6 Å². The maximum Gasteiger partial charge on any atom is 0.410 e. The molecule has 31 heavy (non-hydrogen) atoms. The van der Waals surface area contributed by atoms with Gasteiger partial charge in [0, 0.05) is 36.7 Å². The molecule has 6 nitrogen and oxygen atoms in total. The molecule has 0 bridgehead atoms. The van der Waals surface area contributed by atoms with Gasteiger partial charge in [-0.3, -0.25) is 9.69 Å². The zero-order valence-electron chi connectivity index (χ0n) is 19.4. The summed E-state index contributed by atoms with van der Waals surface area (Å²) in [6, 6.07) is 0.196. The van der Waals surface area contributed by atoms with Gasteiger partial charge < -0.3 is 10.2 Å². The molecule has 0 aliphatic carbocycles. The Morgan fingerprint density at radius 1 is 1.23 bits per heavy atom. The number of carbonyl (C=O) groups is 1. The van der Waals surface area contributed by atoms with Crippen LogP contribution in [0.5, 0.6) is 0 Å². The van der Waals surface area contributed by atoms with Crippen molar-refractivity contribution >= 4 is 11.7 Å². The third-order valence-electron chi connectivity index (χ3n) is 6.49. The van der Waals surface area contributed by atoms with Gasteiger partial charge in [0.15, 0.2) is 6.04 Å². The van der Waals surface area contributed by atoms with E-state index in [1.165, 1.54) is 0 Å². The molecule has 3 rings (SSSR count). The molecule has 9 heteroatoms. The largest absolute Gasteiger partial charge is 0.410 e. The van der Waals surface area contributed by atoms with E-state index in [0.717, 1.165) is 17.6 Å². The fourth-order valence-corrected chi connectivity index (χ4v) is 4.92. The van der Waals surface area contributed by atoms with Crippen molar-refractivity contribution in [2.45, 2.75) is 90.6 Å². The van der Waals surface area contributed by atoms with Crippen molar-refractivity contribution in [3.63, 3.8) is 0 Å². The molecule has 1 aromatic heterocycles. The number of anilines is 1. The molecule has 0 aromatic carbocycles. The van der Waals surface area contributed by atoms with Crippen LogP contribution in [0, 0.1) is 5.92 Å². The molecule has 0 radical (unpaired) electrons. The van der Waals surface area contributed by atoms with Gasteiger partial charge in [-0.2, -0.15) is 18.3 Å². The molecular weight excluding hydrogens is 407 g/mol. The summed E-state index contributed by atoms with van der Waals surface area (Å²) in [6.07, 6.45) is -3.56. The molecule has 1 amide bonds. The van der Waals surface area contributed by atoms with Gasteiger partial charge in [-0.25, -0.2) is 4.68 Å². The minimum absolute atomic E-state index is 0.0131. The van der Waals surface area contributed by atoms with Gasteiger partial charge in [-0.05, 0) is 53.0 Å². The first-order valence-electron chi connectivity index (χ1n) is 11.3. The molecule has 0 spiro atoms. The number of aromatic nitrogens is 2. The maximum atomic E-state index is 13.7. The number of rotatable bonds is 6. The molecule has 176 valence electrons. The van der Waals surface area contributed by atoms with Crippen LogP contribution in [-0.2, 0) is 4.79 Å². The van der Waals surface area contributed by atoms with Crippen LogP contribution in [0.15, 0.2) is 6.07 Å². The van der Waals surface area contributed by atoms with Crippen LogP contribution in [0.4, 0.5) is 19.0 Å². The van der Waals surface area contributed by atoms with Crippen molar-refractivity contribution in [2.75, 3.05) is 25.0 Å². The Morgan fingerprint density at radius 2 is 1.87 bits per heavy atom.